The lowest BCUT2D eigenvalue weighted by Crippen LogP contribution is -2.24. The number of aromatic nitrogens is 2. The molecule has 1 aromatic heterocycles. The zero-order valence-electron chi connectivity index (χ0n) is 19.2. The van der Waals surface area contributed by atoms with Crippen LogP contribution in [0.4, 0.5) is 15.9 Å². The first kappa shape index (κ1) is 24.2. The second kappa shape index (κ2) is 11.0. The van der Waals surface area contributed by atoms with Gasteiger partial charge in [-0.15, -0.1) is 0 Å². The van der Waals surface area contributed by atoms with Gasteiger partial charge in [0.15, 0.2) is 0 Å². The van der Waals surface area contributed by atoms with Gasteiger partial charge < -0.3 is 16.4 Å². The number of nitrogen functional groups attached to an aromatic ring is 1. The molecule has 0 saturated heterocycles. The van der Waals surface area contributed by atoms with Crippen LogP contribution >= 0.6 is 0 Å². The fourth-order valence-electron chi connectivity index (χ4n) is 3.61. The highest BCUT2D eigenvalue weighted by Gasteiger charge is 2.16. The molecule has 3 aromatic carbocycles. The van der Waals surface area contributed by atoms with Crippen LogP contribution < -0.4 is 16.4 Å². The minimum absolute atomic E-state index is 0.183. The van der Waals surface area contributed by atoms with Crippen molar-refractivity contribution in [3.8, 4) is 11.8 Å². The van der Waals surface area contributed by atoms with Crippen LogP contribution in [-0.4, -0.2) is 28.1 Å². The van der Waals surface area contributed by atoms with E-state index in [9.17, 15) is 19.2 Å². The van der Waals surface area contributed by atoms with Gasteiger partial charge in [-0.1, -0.05) is 18.2 Å². The quantitative estimate of drug-likeness (QED) is 0.326. The Labute approximate surface area is 207 Å². The van der Waals surface area contributed by atoms with Gasteiger partial charge in [-0.3, -0.25) is 9.59 Å². The summed E-state index contributed by atoms with van der Waals surface area (Å²) in [5.74, 6) is -0.685. The Morgan fingerprint density at radius 3 is 2.28 bits per heavy atom. The van der Waals surface area contributed by atoms with Crippen molar-refractivity contribution in [1.29, 1.82) is 5.26 Å². The average Bonchev–Trinajstić information content (AvgIpc) is 3.22. The number of amides is 2. The van der Waals surface area contributed by atoms with E-state index in [1.807, 2.05) is 6.07 Å². The normalized spacial score (nSPS) is 10.4. The molecule has 4 N–H and O–H groups in total. The molecular weight excluding hydrogens is 459 g/mol. The number of carbonyl (C=O) groups excluding carboxylic acids is 2. The van der Waals surface area contributed by atoms with Crippen LogP contribution in [0, 0.1) is 17.1 Å². The van der Waals surface area contributed by atoms with E-state index in [0.29, 0.717) is 47.6 Å². The number of benzene rings is 3. The zero-order valence-corrected chi connectivity index (χ0v) is 19.2. The maximum absolute atomic E-state index is 13.2. The van der Waals surface area contributed by atoms with Gasteiger partial charge in [0.25, 0.3) is 11.8 Å². The fraction of sp³-hybridized carbons (Fsp3) is 0.111. The topological polar surface area (TPSA) is 126 Å². The summed E-state index contributed by atoms with van der Waals surface area (Å²) in [6, 6.07) is 23.2. The second-order valence-electron chi connectivity index (χ2n) is 7.96. The SMILES string of the molecule is N#Cc1c(CCCNC(=O)c2ccc(NC(=O)c3ccccc3)cc2)nn(-c2ccc(F)cc2)c1N. The van der Waals surface area contributed by atoms with E-state index >= 15 is 0 Å². The zero-order chi connectivity index (χ0) is 25.5. The number of rotatable bonds is 8. The Balaban J connectivity index is 1.30. The molecule has 2 amide bonds. The molecule has 0 unspecified atom stereocenters. The predicted molar refractivity (Wildman–Crippen MR) is 134 cm³/mol. The number of nitrogens with two attached hydrogens (primary N) is 1. The summed E-state index contributed by atoms with van der Waals surface area (Å²) >= 11 is 0. The minimum Gasteiger partial charge on any atom is -0.382 e. The summed E-state index contributed by atoms with van der Waals surface area (Å²) < 4.78 is 14.6. The van der Waals surface area contributed by atoms with Crippen LogP contribution in [0.25, 0.3) is 5.69 Å². The van der Waals surface area contributed by atoms with Crippen molar-refractivity contribution < 1.29 is 14.0 Å². The molecule has 0 bridgehead atoms. The molecule has 0 spiro atoms. The molecule has 180 valence electrons. The maximum Gasteiger partial charge on any atom is 0.255 e. The highest BCUT2D eigenvalue weighted by atomic mass is 19.1. The van der Waals surface area contributed by atoms with Crippen molar-refractivity contribution in [3.05, 3.63) is 107 Å². The third-order valence-electron chi connectivity index (χ3n) is 5.49. The molecule has 9 heteroatoms. The van der Waals surface area contributed by atoms with Crippen LogP contribution in [0.2, 0.25) is 0 Å². The Hall–Kier alpha value is -4.97. The standard InChI is InChI=1S/C27H23FN6O2/c28-20-10-14-22(15-11-20)34-25(30)23(17-29)24(33-34)7-4-16-31-26(35)19-8-12-21(13-9-19)32-27(36)18-5-2-1-3-6-18/h1-3,5-6,8-15H,4,7,16,30H2,(H,31,35)(H,32,36). The summed E-state index contributed by atoms with van der Waals surface area (Å²) in [5, 5.41) is 19.5. The third kappa shape index (κ3) is 5.56. The molecular formula is C27H23FN6O2. The summed E-state index contributed by atoms with van der Waals surface area (Å²) in [6.45, 7) is 0.361. The van der Waals surface area contributed by atoms with E-state index < -0.39 is 0 Å². The number of hydrogen-bond acceptors (Lipinski definition) is 5. The van der Waals surface area contributed by atoms with Crippen LogP contribution in [-0.2, 0) is 6.42 Å². The molecule has 0 atom stereocenters. The molecule has 4 aromatic rings. The lowest BCUT2D eigenvalue weighted by molar-refractivity contribution is 0.0952. The molecule has 4 rings (SSSR count). The van der Waals surface area contributed by atoms with Crippen LogP contribution in [0.3, 0.4) is 0 Å². The van der Waals surface area contributed by atoms with Crippen molar-refractivity contribution in [3.63, 3.8) is 0 Å². The van der Waals surface area contributed by atoms with E-state index in [0.717, 1.165) is 0 Å². The Kier molecular flexibility index (Phi) is 7.36. The molecule has 1 heterocycles. The highest BCUT2D eigenvalue weighted by Crippen LogP contribution is 2.21. The molecule has 0 fully saturated rings. The first-order chi connectivity index (χ1) is 17.5. The number of nitriles is 1. The molecule has 0 aliphatic carbocycles. The van der Waals surface area contributed by atoms with Gasteiger partial charge in [-0.2, -0.15) is 10.4 Å². The van der Waals surface area contributed by atoms with Crippen molar-refractivity contribution in [2.24, 2.45) is 0 Å². The Bertz CT molecular complexity index is 1410. The number of anilines is 2. The highest BCUT2D eigenvalue weighted by molar-refractivity contribution is 6.04. The van der Waals surface area contributed by atoms with Gasteiger partial charge in [0, 0.05) is 23.4 Å². The number of nitrogens with zero attached hydrogens (tertiary/aromatic N) is 3. The van der Waals surface area contributed by atoms with Gasteiger partial charge in [0.1, 0.15) is 23.3 Å². The van der Waals surface area contributed by atoms with Crippen molar-refractivity contribution in [2.75, 3.05) is 17.6 Å². The van der Waals surface area contributed by atoms with Gasteiger partial charge in [-0.25, -0.2) is 9.07 Å². The smallest absolute Gasteiger partial charge is 0.255 e. The Morgan fingerprint density at radius 1 is 0.944 bits per heavy atom. The van der Waals surface area contributed by atoms with Gasteiger partial charge in [-0.05, 0) is 73.5 Å². The lowest BCUT2D eigenvalue weighted by atomic mass is 10.1. The number of aryl methyl sites for hydroxylation is 1. The molecule has 36 heavy (non-hydrogen) atoms. The molecule has 0 radical (unpaired) electrons. The minimum atomic E-state index is -0.382. The van der Waals surface area contributed by atoms with Crippen LogP contribution in [0.15, 0.2) is 78.9 Å². The maximum atomic E-state index is 13.2. The first-order valence-electron chi connectivity index (χ1n) is 11.2. The van der Waals surface area contributed by atoms with Gasteiger partial charge in [0.05, 0.1) is 11.4 Å². The first-order valence-corrected chi connectivity index (χ1v) is 11.2. The van der Waals surface area contributed by atoms with E-state index in [4.69, 9.17) is 5.73 Å². The van der Waals surface area contributed by atoms with E-state index in [-0.39, 0.29) is 29.0 Å². The monoisotopic (exact) mass is 482 g/mol. The van der Waals surface area contributed by atoms with Gasteiger partial charge in [0.2, 0.25) is 0 Å². The molecule has 0 aliphatic heterocycles. The van der Waals surface area contributed by atoms with E-state index in [1.54, 1.807) is 48.5 Å². The van der Waals surface area contributed by atoms with Crippen LogP contribution in [0.1, 0.15) is 38.4 Å². The summed E-state index contributed by atoms with van der Waals surface area (Å²) in [6.07, 6.45) is 0.956. The second-order valence-corrected chi connectivity index (χ2v) is 7.96. The molecule has 0 aliphatic rings. The van der Waals surface area contributed by atoms with Gasteiger partial charge >= 0.3 is 0 Å². The third-order valence-corrected chi connectivity index (χ3v) is 5.49. The summed E-state index contributed by atoms with van der Waals surface area (Å²) in [5.41, 5.74) is 8.98. The Morgan fingerprint density at radius 2 is 1.61 bits per heavy atom. The number of carbonyl (C=O) groups is 2. The van der Waals surface area contributed by atoms with Crippen molar-refractivity contribution in [2.45, 2.75) is 12.8 Å². The lowest BCUT2D eigenvalue weighted by Gasteiger charge is -2.08. The van der Waals surface area contributed by atoms with Crippen LogP contribution in [0.5, 0.6) is 0 Å². The molecule has 0 saturated carbocycles. The largest absolute Gasteiger partial charge is 0.382 e. The number of nitrogens with one attached hydrogen (secondary N) is 2. The predicted octanol–water partition coefficient (Wildman–Crippen LogP) is 4.08. The average molecular weight is 483 g/mol. The molecule has 8 nitrogen and oxygen atoms in total. The number of halogens is 1. The van der Waals surface area contributed by atoms with Crippen molar-refractivity contribution >= 4 is 23.3 Å². The van der Waals surface area contributed by atoms with E-state index in [1.165, 1.54) is 28.9 Å². The van der Waals surface area contributed by atoms with E-state index in [2.05, 4.69) is 21.8 Å². The fourth-order valence-corrected chi connectivity index (χ4v) is 3.61. The number of hydrogen-bond donors (Lipinski definition) is 3. The summed E-state index contributed by atoms with van der Waals surface area (Å²) in [7, 11) is 0. The summed E-state index contributed by atoms with van der Waals surface area (Å²) in [4.78, 5) is 24.7. The van der Waals surface area contributed by atoms with Crippen molar-refractivity contribution in [1.82, 2.24) is 15.1 Å².